The maximum atomic E-state index is 13.4. The van der Waals surface area contributed by atoms with Crippen molar-refractivity contribution in [1.29, 1.82) is 0 Å². The summed E-state index contributed by atoms with van der Waals surface area (Å²) in [4.78, 5) is 17.7. The number of benzene rings is 1. The molecule has 1 amide bonds. The number of nitrogens with one attached hydrogen (secondary N) is 1. The first-order valence-corrected chi connectivity index (χ1v) is 11.0. The van der Waals surface area contributed by atoms with Gasteiger partial charge in [-0.05, 0) is 61.6 Å². The second-order valence-electron chi connectivity index (χ2n) is 8.77. The van der Waals surface area contributed by atoms with Crippen LogP contribution in [0.1, 0.15) is 30.9 Å². The van der Waals surface area contributed by atoms with E-state index in [1.54, 1.807) is 0 Å². The number of hydrogen-bond donors (Lipinski definition) is 1. The van der Waals surface area contributed by atoms with Gasteiger partial charge in [0.1, 0.15) is 5.82 Å². The molecule has 160 valence electrons. The molecule has 0 spiro atoms. The first-order chi connectivity index (χ1) is 15.0. The number of aromatic nitrogens is 2. The third-order valence-electron chi connectivity index (χ3n) is 6.72. The number of anilines is 2. The highest BCUT2D eigenvalue weighted by Crippen LogP contribution is 2.36. The monoisotopic (exact) mass is 415 g/mol. The largest absolute Gasteiger partial charge is 0.371 e. The van der Waals surface area contributed by atoms with Gasteiger partial charge in [0.25, 0.3) is 0 Å². The average Bonchev–Trinajstić information content (AvgIpc) is 3.10. The molecule has 6 nitrogen and oxygen atoms in total. The lowest BCUT2D eigenvalue weighted by Crippen LogP contribution is -2.42. The van der Waals surface area contributed by atoms with E-state index in [2.05, 4.69) is 59.5 Å². The third kappa shape index (κ3) is 3.56. The van der Waals surface area contributed by atoms with E-state index in [4.69, 9.17) is 0 Å². The maximum absolute atomic E-state index is 13.4. The number of amides is 1. The van der Waals surface area contributed by atoms with Crippen molar-refractivity contribution in [3.8, 4) is 0 Å². The zero-order valence-corrected chi connectivity index (χ0v) is 18.4. The lowest BCUT2D eigenvalue weighted by molar-refractivity contribution is -0.133. The molecule has 31 heavy (non-hydrogen) atoms. The molecule has 3 aliphatic heterocycles. The van der Waals surface area contributed by atoms with Gasteiger partial charge in [-0.1, -0.05) is 17.7 Å². The van der Waals surface area contributed by atoms with E-state index in [9.17, 15) is 4.79 Å². The molecule has 1 saturated heterocycles. The highest BCUT2D eigenvalue weighted by molar-refractivity contribution is 5.89. The summed E-state index contributed by atoms with van der Waals surface area (Å²) in [6, 6.07) is 8.67. The zero-order valence-electron chi connectivity index (χ0n) is 18.4. The van der Waals surface area contributed by atoms with E-state index >= 15 is 0 Å². The predicted octanol–water partition coefficient (Wildman–Crippen LogP) is 4.08. The van der Waals surface area contributed by atoms with Gasteiger partial charge in [-0.3, -0.25) is 9.48 Å². The summed E-state index contributed by atoms with van der Waals surface area (Å²) in [6.45, 7) is 6.64. The molecule has 5 rings (SSSR count). The molecule has 0 unspecified atom stereocenters. The van der Waals surface area contributed by atoms with Gasteiger partial charge in [-0.25, -0.2) is 0 Å². The topological polar surface area (TPSA) is 53.4 Å². The number of fused-ring (bicyclic) bond motifs is 2. The van der Waals surface area contributed by atoms with Crippen LogP contribution in [0, 0.1) is 12.8 Å². The fraction of sp³-hybridized carbons (Fsp3) is 0.360. The van der Waals surface area contributed by atoms with Gasteiger partial charge in [-0.15, -0.1) is 0 Å². The van der Waals surface area contributed by atoms with Crippen LogP contribution in [0.15, 0.2) is 60.1 Å². The van der Waals surface area contributed by atoms with Crippen molar-refractivity contribution >= 4 is 23.0 Å². The minimum atomic E-state index is 0.0717. The van der Waals surface area contributed by atoms with E-state index in [0.29, 0.717) is 6.54 Å². The lowest BCUT2D eigenvalue weighted by atomic mass is 9.92. The summed E-state index contributed by atoms with van der Waals surface area (Å²) in [5, 5.41) is 7.78. The third-order valence-corrected chi connectivity index (χ3v) is 6.72. The SMILES string of the molecule is CC1=CNc2c(cnn2C)C2=C1C=CN(C(=O)C1CCN(c3ccc(C)cc3)CC1)C2. The first kappa shape index (κ1) is 19.7. The molecule has 0 radical (unpaired) electrons. The van der Waals surface area contributed by atoms with Crippen LogP contribution in [0.25, 0.3) is 5.57 Å². The van der Waals surface area contributed by atoms with Crippen LogP contribution < -0.4 is 10.2 Å². The number of allylic oxidation sites excluding steroid dienone is 3. The number of hydrogen-bond acceptors (Lipinski definition) is 4. The average molecular weight is 416 g/mol. The van der Waals surface area contributed by atoms with Gasteiger partial charge < -0.3 is 15.1 Å². The number of carbonyl (C=O) groups is 1. The van der Waals surface area contributed by atoms with Gasteiger partial charge in [-0.2, -0.15) is 5.10 Å². The molecule has 1 N–H and O–H groups in total. The number of aryl methyl sites for hydroxylation is 2. The quantitative estimate of drug-likeness (QED) is 0.803. The Bertz CT molecular complexity index is 1100. The Balaban J connectivity index is 1.30. The predicted molar refractivity (Wildman–Crippen MR) is 124 cm³/mol. The highest BCUT2D eigenvalue weighted by atomic mass is 16.2. The van der Waals surface area contributed by atoms with Crippen molar-refractivity contribution in [3.05, 3.63) is 71.2 Å². The molecule has 1 fully saturated rings. The van der Waals surface area contributed by atoms with Crippen molar-refractivity contribution in [1.82, 2.24) is 14.7 Å². The molecule has 1 aromatic carbocycles. The fourth-order valence-electron chi connectivity index (χ4n) is 4.78. The molecule has 4 heterocycles. The summed E-state index contributed by atoms with van der Waals surface area (Å²) in [5.74, 6) is 1.27. The smallest absolute Gasteiger partial charge is 0.230 e. The minimum Gasteiger partial charge on any atom is -0.371 e. The van der Waals surface area contributed by atoms with Crippen molar-refractivity contribution in [3.63, 3.8) is 0 Å². The van der Waals surface area contributed by atoms with Gasteiger partial charge in [0.2, 0.25) is 5.91 Å². The lowest BCUT2D eigenvalue weighted by Gasteiger charge is -2.35. The molecule has 0 bridgehead atoms. The number of rotatable bonds is 2. The summed E-state index contributed by atoms with van der Waals surface area (Å²) in [6.07, 6.45) is 9.74. The van der Waals surface area contributed by atoms with Crippen LogP contribution in [0.3, 0.4) is 0 Å². The summed E-state index contributed by atoms with van der Waals surface area (Å²) >= 11 is 0. The second-order valence-corrected chi connectivity index (χ2v) is 8.77. The van der Waals surface area contributed by atoms with Crippen molar-refractivity contribution in [2.75, 3.05) is 29.9 Å². The van der Waals surface area contributed by atoms with Crippen LogP contribution in [0.2, 0.25) is 0 Å². The van der Waals surface area contributed by atoms with Crippen LogP contribution >= 0.6 is 0 Å². The summed E-state index contributed by atoms with van der Waals surface area (Å²) in [7, 11) is 1.93. The van der Waals surface area contributed by atoms with E-state index in [0.717, 1.165) is 42.9 Å². The Morgan fingerprint density at radius 3 is 2.61 bits per heavy atom. The second kappa shape index (κ2) is 7.76. The highest BCUT2D eigenvalue weighted by Gasteiger charge is 2.31. The van der Waals surface area contributed by atoms with Crippen molar-refractivity contribution < 1.29 is 4.79 Å². The molecular weight excluding hydrogens is 386 g/mol. The molecule has 0 saturated carbocycles. The molecule has 6 heteroatoms. The van der Waals surface area contributed by atoms with Gasteiger partial charge in [0.15, 0.2) is 0 Å². The minimum absolute atomic E-state index is 0.0717. The van der Waals surface area contributed by atoms with Gasteiger partial charge in [0, 0.05) is 49.7 Å². The van der Waals surface area contributed by atoms with Crippen molar-refractivity contribution in [2.24, 2.45) is 13.0 Å². The summed E-state index contributed by atoms with van der Waals surface area (Å²) < 4.78 is 1.85. The van der Waals surface area contributed by atoms with Crippen LogP contribution in [0.5, 0.6) is 0 Å². The zero-order chi connectivity index (χ0) is 21.5. The van der Waals surface area contributed by atoms with Crippen LogP contribution in [-0.2, 0) is 11.8 Å². The van der Waals surface area contributed by atoms with E-state index in [1.807, 2.05) is 35.2 Å². The van der Waals surface area contributed by atoms with E-state index in [1.165, 1.54) is 22.4 Å². The molecule has 2 aromatic rings. The molecule has 3 aliphatic rings. The van der Waals surface area contributed by atoms with Gasteiger partial charge in [0.05, 0.1) is 12.7 Å². The fourth-order valence-corrected chi connectivity index (χ4v) is 4.78. The maximum Gasteiger partial charge on any atom is 0.230 e. The van der Waals surface area contributed by atoms with Crippen LogP contribution in [0.4, 0.5) is 11.5 Å². The number of nitrogens with zero attached hydrogens (tertiary/aromatic N) is 4. The first-order valence-electron chi connectivity index (χ1n) is 11.0. The van der Waals surface area contributed by atoms with Gasteiger partial charge >= 0.3 is 0 Å². The standard InChI is InChI=1S/C25H29N5O/c1-17-4-6-20(7-5-17)29-11-8-19(9-12-29)25(31)30-13-10-21-18(2)14-26-24-22(23(21)16-30)15-27-28(24)3/h4-7,10,13-15,19,26H,8-9,11-12,16H2,1-3H3. The normalized spacial score (nSPS) is 18.9. The molecule has 0 aliphatic carbocycles. The molecular formula is C25H29N5O. The Morgan fingerprint density at radius 1 is 1.13 bits per heavy atom. The number of carbonyl (C=O) groups excluding carboxylic acids is 1. The Hall–Kier alpha value is -3.28. The Labute approximate surface area is 183 Å². The van der Waals surface area contributed by atoms with E-state index < -0.39 is 0 Å². The van der Waals surface area contributed by atoms with Crippen LogP contribution in [-0.4, -0.2) is 40.2 Å². The summed E-state index contributed by atoms with van der Waals surface area (Å²) in [5.41, 5.74) is 7.10. The van der Waals surface area contributed by atoms with Crippen molar-refractivity contribution in [2.45, 2.75) is 26.7 Å². The Morgan fingerprint density at radius 2 is 1.87 bits per heavy atom. The Kier molecular flexibility index (Phi) is 4.93. The molecule has 1 aromatic heterocycles. The van der Waals surface area contributed by atoms with E-state index in [-0.39, 0.29) is 11.8 Å². The number of piperidine rings is 1. The molecule has 0 atom stereocenters.